The van der Waals surface area contributed by atoms with Crippen LogP contribution in [0.5, 0.6) is 0 Å². The Morgan fingerprint density at radius 2 is 1.96 bits per heavy atom. The van der Waals surface area contributed by atoms with Gasteiger partial charge in [-0.15, -0.1) is 11.3 Å². The molecule has 1 aromatic carbocycles. The summed E-state index contributed by atoms with van der Waals surface area (Å²) in [7, 11) is 0. The SMILES string of the molecule is CC(C)c1ccc(-c2nc(C(=O)NC3CCNCC3)cs2)cc1. The molecular formula is C18H23N3OS. The molecule has 0 bridgehead atoms. The molecule has 0 radical (unpaired) electrons. The van der Waals surface area contributed by atoms with Gasteiger partial charge in [0.2, 0.25) is 0 Å². The maximum absolute atomic E-state index is 12.3. The third-order valence-corrected chi connectivity index (χ3v) is 5.13. The van der Waals surface area contributed by atoms with Gasteiger partial charge in [0.05, 0.1) is 0 Å². The highest BCUT2D eigenvalue weighted by Gasteiger charge is 2.18. The first-order valence-corrected chi connectivity index (χ1v) is 9.09. The number of amides is 1. The number of aromatic nitrogens is 1. The minimum absolute atomic E-state index is 0.0572. The van der Waals surface area contributed by atoms with Crippen LogP contribution in [0.2, 0.25) is 0 Å². The Bertz CT molecular complexity index is 657. The highest BCUT2D eigenvalue weighted by atomic mass is 32.1. The smallest absolute Gasteiger partial charge is 0.270 e. The summed E-state index contributed by atoms with van der Waals surface area (Å²) in [5.74, 6) is 0.463. The van der Waals surface area contributed by atoms with Gasteiger partial charge in [-0.2, -0.15) is 0 Å². The fraction of sp³-hybridized carbons (Fsp3) is 0.444. The monoisotopic (exact) mass is 329 g/mol. The predicted molar refractivity (Wildman–Crippen MR) is 95.0 cm³/mol. The van der Waals surface area contributed by atoms with E-state index in [1.807, 2.05) is 5.38 Å². The van der Waals surface area contributed by atoms with Crippen molar-refractivity contribution in [3.63, 3.8) is 0 Å². The van der Waals surface area contributed by atoms with Crippen molar-refractivity contribution in [3.05, 3.63) is 40.9 Å². The Morgan fingerprint density at radius 3 is 2.61 bits per heavy atom. The van der Waals surface area contributed by atoms with Crippen LogP contribution in [0, 0.1) is 0 Å². The number of thiazole rings is 1. The molecule has 1 aliphatic heterocycles. The van der Waals surface area contributed by atoms with Gasteiger partial charge in [-0.1, -0.05) is 38.1 Å². The molecule has 0 saturated carbocycles. The summed E-state index contributed by atoms with van der Waals surface area (Å²) in [6.07, 6.45) is 1.97. The van der Waals surface area contributed by atoms with E-state index in [4.69, 9.17) is 0 Å². The molecule has 122 valence electrons. The van der Waals surface area contributed by atoms with E-state index in [0.29, 0.717) is 11.6 Å². The summed E-state index contributed by atoms with van der Waals surface area (Å²) >= 11 is 1.52. The zero-order chi connectivity index (χ0) is 16.2. The van der Waals surface area contributed by atoms with Crippen LogP contribution in [-0.4, -0.2) is 30.0 Å². The minimum Gasteiger partial charge on any atom is -0.348 e. The molecule has 0 spiro atoms. The Balaban J connectivity index is 1.68. The van der Waals surface area contributed by atoms with Crippen molar-refractivity contribution in [2.45, 2.75) is 38.6 Å². The van der Waals surface area contributed by atoms with E-state index >= 15 is 0 Å². The molecule has 0 atom stereocenters. The van der Waals surface area contributed by atoms with E-state index in [2.05, 4.69) is 53.7 Å². The van der Waals surface area contributed by atoms with E-state index in [-0.39, 0.29) is 11.9 Å². The van der Waals surface area contributed by atoms with E-state index in [1.165, 1.54) is 16.9 Å². The van der Waals surface area contributed by atoms with Crippen LogP contribution in [0.1, 0.15) is 48.7 Å². The molecule has 3 rings (SSSR count). The van der Waals surface area contributed by atoms with Crippen molar-refractivity contribution in [2.24, 2.45) is 0 Å². The van der Waals surface area contributed by atoms with Gasteiger partial charge in [-0.3, -0.25) is 4.79 Å². The average Bonchev–Trinajstić information content (AvgIpc) is 3.06. The van der Waals surface area contributed by atoms with Crippen LogP contribution in [0.25, 0.3) is 10.6 Å². The topological polar surface area (TPSA) is 54.0 Å². The number of piperidine rings is 1. The molecule has 2 N–H and O–H groups in total. The predicted octanol–water partition coefficient (Wildman–Crippen LogP) is 3.42. The van der Waals surface area contributed by atoms with Gasteiger partial charge in [0.15, 0.2) is 0 Å². The maximum Gasteiger partial charge on any atom is 0.270 e. The second-order valence-corrected chi connectivity index (χ2v) is 7.17. The van der Waals surface area contributed by atoms with Gasteiger partial charge in [0.25, 0.3) is 5.91 Å². The van der Waals surface area contributed by atoms with Crippen LogP contribution < -0.4 is 10.6 Å². The lowest BCUT2D eigenvalue weighted by Gasteiger charge is -2.23. The van der Waals surface area contributed by atoms with Crippen molar-refractivity contribution in [2.75, 3.05) is 13.1 Å². The number of hydrogen-bond donors (Lipinski definition) is 2. The number of nitrogens with one attached hydrogen (secondary N) is 2. The van der Waals surface area contributed by atoms with Crippen molar-refractivity contribution in [1.82, 2.24) is 15.6 Å². The van der Waals surface area contributed by atoms with Crippen LogP contribution in [0.15, 0.2) is 29.6 Å². The Kier molecular flexibility index (Phi) is 5.08. The molecule has 0 unspecified atom stereocenters. The summed E-state index contributed by atoms with van der Waals surface area (Å²) in [4.78, 5) is 16.8. The minimum atomic E-state index is -0.0572. The van der Waals surface area contributed by atoms with Crippen molar-refractivity contribution in [1.29, 1.82) is 0 Å². The summed E-state index contributed by atoms with van der Waals surface area (Å²) < 4.78 is 0. The lowest BCUT2D eigenvalue weighted by Crippen LogP contribution is -2.42. The average molecular weight is 329 g/mol. The van der Waals surface area contributed by atoms with E-state index in [0.717, 1.165) is 36.5 Å². The first-order valence-electron chi connectivity index (χ1n) is 8.21. The number of carbonyl (C=O) groups excluding carboxylic acids is 1. The van der Waals surface area contributed by atoms with Crippen LogP contribution in [0.3, 0.4) is 0 Å². The molecule has 1 saturated heterocycles. The van der Waals surface area contributed by atoms with Gasteiger partial charge >= 0.3 is 0 Å². The van der Waals surface area contributed by atoms with Crippen LogP contribution in [-0.2, 0) is 0 Å². The van der Waals surface area contributed by atoms with E-state index in [9.17, 15) is 4.79 Å². The van der Waals surface area contributed by atoms with E-state index < -0.39 is 0 Å². The highest BCUT2D eigenvalue weighted by Crippen LogP contribution is 2.25. The summed E-state index contributed by atoms with van der Waals surface area (Å²) in [6.45, 7) is 6.30. The third-order valence-electron chi connectivity index (χ3n) is 4.24. The maximum atomic E-state index is 12.3. The molecule has 1 aliphatic rings. The normalized spacial score (nSPS) is 15.8. The summed E-state index contributed by atoms with van der Waals surface area (Å²) in [5, 5.41) is 9.14. The second-order valence-electron chi connectivity index (χ2n) is 6.31. The molecule has 1 fully saturated rings. The zero-order valence-corrected chi connectivity index (χ0v) is 14.5. The first kappa shape index (κ1) is 16.1. The van der Waals surface area contributed by atoms with E-state index in [1.54, 1.807) is 0 Å². The van der Waals surface area contributed by atoms with Gasteiger partial charge in [-0.25, -0.2) is 4.98 Å². The van der Waals surface area contributed by atoms with Crippen molar-refractivity contribution >= 4 is 17.2 Å². The van der Waals surface area contributed by atoms with Gasteiger partial charge < -0.3 is 10.6 Å². The lowest BCUT2D eigenvalue weighted by atomic mass is 10.0. The number of rotatable bonds is 4. The standard InChI is InChI=1S/C18H23N3OS/c1-12(2)13-3-5-14(6-4-13)18-21-16(11-23-18)17(22)20-15-7-9-19-10-8-15/h3-6,11-12,15,19H,7-10H2,1-2H3,(H,20,22). The molecule has 2 aromatic rings. The van der Waals surface area contributed by atoms with Gasteiger partial charge in [0.1, 0.15) is 10.7 Å². The summed E-state index contributed by atoms with van der Waals surface area (Å²) in [5.41, 5.74) is 2.91. The molecule has 1 aromatic heterocycles. The quantitative estimate of drug-likeness (QED) is 0.904. The molecule has 5 heteroatoms. The number of carbonyl (C=O) groups is 1. The van der Waals surface area contributed by atoms with Crippen molar-refractivity contribution in [3.8, 4) is 10.6 Å². The van der Waals surface area contributed by atoms with Crippen molar-refractivity contribution < 1.29 is 4.79 Å². The molecule has 4 nitrogen and oxygen atoms in total. The molecule has 0 aliphatic carbocycles. The lowest BCUT2D eigenvalue weighted by molar-refractivity contribution is 0.0925. The first-order chi connectivity index (χ1) is 11.1. The number of benzene rings is 1. The van der Waals surface area contributed by atoms with Crippen LogP contribution in [0.4, 0.5) is 0 Å². The van der Waals surface area contributed by atoms with Crippen LogP contribution >= 0.6 is 11.3 Å². The third kappa shape index (κ3) is 3.98. The number of hydrogen-bond acceptors (Lipinski definition) is 4. The molecule has 23 heavy (non-hydrogen) atoms. The Labute approximate surface area is 141 Å². The fourth-order valence-electron chi connectivity index (χ4n) is 2.75. The Hall–Kier alpha value is -1.72. The number of nitrogens with zero attached hydrogens (tertiary/aromatic N) is 1. The second kappa shape index (κ2) is 7.23. The molecule has 1 amide bonds. The van der Waals surface area contributed by atoms with Gasteiger partial charge in [0, 0.05) is 17.0 Å². The largest absolute Gasteiger partial charge is 0.348 e. The fourth-order valence-corrected chi connectivity index (χ4v) is 3.55. The summed E-state index contributed by atoms with van der Waals surface area (Å²) in [6, 6.07) is 8.71. The molecular weight excluding hydrogens is 306 g/mol. The Morgan fingerprint density at radius 1 is 1.26 bits per heavy atom. The van der Waals surface area contributed by atoms with Gasteiger partial charge in [-0.05, 0) is 37.4 Å². The zero-order valence-electron chi connectivity index (χ0n) is 13.6. The molecule has 2 heterocycles. The highest BCUT2D eigenvalue weighted by molar-refractivity contribution is 7.13.